The van der Waals surface area contributed by atoms with Crippen molar-refractivity contribution in [3.05, 3.63) is 40.7 Å². The summed E-state index contributed by atoms with van der Waals surface area (Å²) in [6.07, 6.45) is 2.52. The molecule has 0 spiro atoms. The lowest BCUT2D eigenvalue weighted by atomic mass is 10.2. The molecule has 1 aromatic heterocycles. The van der Waals surface area contributed by atoms with Gasteiger partial charge in [0.1, 0.15) is 5.82 Å². The molecule has 0 aliphatic heterocycles. The Morgan fingerprint density at radius 3 is 2.89 bits per heavy atom. The summed E-state index contributed by atoms with van der Waals surface area (Å²) in [6, 6.07) is 7.98. The summed E-state index contributed by atoms with van der Waals surface area (Å²) in [5.74, 6) is 2.69. The Morgan fingerprint density at radius 2 is 2.21 bits per heavy atom. The number of hydrogen-bond acceptors (Lipinski definition) is 3. The van der Waals surface area contributed by atoms with Gasteiger partial charge in [0.2, 0.25) is 0 Å². The summed E-state index contributed by atoms with van der Waals surface area (Å²) in [4.78, 5) is 0. The van der Waals surface area contributed by atoms with Gasteiger partial charge in [-0.3, -0.25) is 0 Å². The number of nitrogens with zero attached hydrogens (tertiary/aromatic N) is 3. The van der Waals surface area contributed by atoms with Gasteiger partial charge in [0.25, 0.3) is 0 Å². The highest BCUT2D eigenvalue weighted by molar-refractivity contribution is 7.98. The number of hydrogen-bond donors (Lipinski definition) is 0. The van der Waals surface area contributed by atoms with Gasteiger partial charge in [-0.1, -0.05) is 35.5 Å². The molecular formula is C14H16ClN3S. The molecule has 0 bridgehead atoms. The number of rotatable bonds is 5. The second kappa shape index (κ2) is 5.55. The predicted octanol–water partition coefficient (Wildman–Crippen LogP) is 4.12. The van der Waals surface area contributed by atoms with E-state index in [4.69, 9.17) is 11.6 Å². The fraction of sp³-hybridized carbons (Fsp3) is 0.429. The number of aromatic nitrogens is 3. The van der Waals surface area contributed by atoms with Crippen LogP contribution in [0.3, 0.4) is 0 Å². The smallest absolute Gasteiger partial charge is 0.191 e. The Morgan fingerprint density at radius 1 is 1.37 bits per heavy atom. The second-order valence-electron chi connectivity index (χ2n) is 4.78. The molecule has 1 heterocycles. The molecule has 1 aliphatic carbocycles. The van der Waals surface area contributed by atoms with E-state index < -0.39 is 0 Å². The first kappa shape index (κ1) is 13.0. The molecule has 5 heteroatoms. The Balaban J connectivity index is 1.73. The van der Waals surface area contributed by atoms with Crippen LogP contribution in [0.4, 0.5) is 0 Å². The zero-order valence-corrected chi connectivity index (χ0v) is 12.4. The summed E-state index contributed by atoms with van der Waals surface area (Å²) < 4.78 is 2.24. The molecule has 1 aliphatic rings. The molecule has 0 radical (unpaired) electrons. The summed E-state index contributed by atoms with van der Waals surface area (Å²) in [6.45, 7) is 3.09. The van der Waals surface area contributed by atoms with Crippen molar-refractivity contribution in [1.82, 2.24) is 14.8 Å². The lowest BCUT2D eigenvalue weighted by Gasteiger charge is -2.06. The molecular weight excluding hydrogens is 278 g/mol. The molecule has 1 fully saturated rings. The van der Waals surface area contributed by atoms with Gasteiger partial charge >= 0.3 is 0 Å². The largest absolute Gasteiger partial charge is 0.306 e. The minimum atomic E-state index is 0.646. The third-order valence-electron chi connectivity index (χ3n) is 3.26. The normalized spacial score (nSPS) is 14.8. The first-order chi connectivity index (χ1) is 9.28. The van der Waals surface area contributed by atoms with Crippen LogP contribution in [-0.4, -0.2) is 14.8 Å². The maximum absolute atomic E-state index is 6.00. The third kappa shape index (κ3) is 2.95. The topological polar surface area (TPSA) is 30.7 Å². The minimum absolute atomic E-state index is 0.646. The van der Waals surface area contributed by atoms with Crippen LogP contribution < -0.4 is 0 Å². The van der Waals surface area contributed by atoms with Crippen LogP contribution in [-0.2, 0) is 12.3 Å². The van der Waals surface area contributed by atoms with Crippen molar-refractivity contribution in [2.24, 2.45) is 0 Å². The minimum Gasteiger partial charge on any atom is -0.306 e. The van der Waals surface area contributed by atoms with Gasteiger partial charge in [0.05, 0.1) is 0 Å². The second-order valence-corrected chi connectivity index (χ2v) is 6.16. The lowest BCUT2D eigenvalue weighted by molar-refractivity contribution is 0.643. The van der Waals surface area contributed by atoms with Crippen molar-refractivity contribution >= 4 is 23.4 Å². The first-order valence-electron chi connectivity index (χ1n) is 6.58. The van der Waals surface area contributed by atoms with Gasteiger partial charge in [-0.25, -0.2) is 0 Å². The van der Waals surface area contributed by atoms with E-state index in [1.54, 1.807) is 11.8 Å². The highest BCUT2D eigenvalue weighted by atomic mass is 35.5. The molecule has 0 N–H and O–H groups in total. The van der Waals surface area contributed by atoms with Crippen molar-refractivity contribution in [3.63, 3.8) is 0 Å². The van der Waals surface area contributed by atoms with Crippen LogP contribution in [0.25, 0.3) is 0 Å². The van der Waals surface area contributed by atoms with Gasteiger partial charge in [-0.05, 0) is 37.5 Å². The first-order valence-corrected chi connectivity index (χ1v) is 7.94. The zero-order valence-electron chi connectivity index (χ0n) is 10.8. The summed E-state index contributed by atoms with van der Waals surface area (Å²) in [7, 11) is 0. The van der Waals surface area contributed by atoms with Crippen molar-refractivity contribution < 1.29 is 0 Å². The van der Waals surface area contributed by atoms with Crippen molar-refractivity contribution in [2.75, 3.05) is 0 Å². The zero-order chi connectivity index (χ0) is 13.2. The fourth-order valence-electron chi connectivity index (χ4n) is 2.12. The highest BCUT2D eigenvalue weighted by Gasteiger charge is 2.29. The van der Waals surface area contributed by atoms with E-state index >= 15 is 0 Å². The summed E-state index contributed by atoms with van der Waals surface area (Å²) >= 11 is 7.73. The number of thioether (sulfide) groups is 1. The lowest BCUT2D eigenvalue weighted by Crippen LogP contribution is -2.01. The van der Waals surface area contributed by atoms with Gasteiger partial charge in [-0.15, -0.1) is 10.2 Å². The third-order valence-corrected chi connectivity index (χ3v) is 4.53. The maximum Gasteiger partial charge on any atom is 0.191 e. The van der Waals surface area contributed by atoms with E-state index in [2.05, 4.69) is 27.8 Å². The fourth-order valence-corrected chi connectivity index (χ4v) is 3.29. The Bertz CT molecular complexity index is 578. The molecule has 3 rings (SSSR count). The highest BCUT2D eigenvalue weighted by Crippen LogP contribution is 2.40. The van der Waals surface area contributed by atoms with Crippen molar-refractivity contribution in [3.8, 4) is 0 Å². The van der Waals surface area contributed by atoms with Gasteiger partial charge < -0.3 is 4.57 Å². The van der Waals surface area contributed by atoms with E-state index in [0.29, 0.717) is 5.92 Å². The molecule has 19 heavy (non-hydrogen) atoms. The van der Waals surface area contributed by atoms with Gasteiger partial charge in [0.15, 0.2) is 5.16 Å². The van der Waals surface area contributed by atoms with Crippen LogP contribution in [0.1, 0.15) is 37.1 Å². The molecule has 0 unspecified atom stereocenters. The van der Waals surface area contributed by atoms with E-state index in [9.17, 15) is 0 Å². The van der Waals surface area contributed by atoms with Crippen LogP contribution >= 0.6 is 23.4 Å². The number of benzene rings is 1. The SMILES string of the molecule is CCn1c(SCc2cccc(Cl)c2)nnc1C1CC1. The van der Waals surface area contributed by atoms with Crippen LogP contribution in [0, 0.1) is 0 Å². The monoisotopic (exact) mass is 293 g/mol. The standard InChI is InChI=1S/C14H16ClN3S/c1-2-18-13(11-6-7-11)16-17-14(18)19-9-10-4-3-5-12(15)8-10/h3-5,8,11H,2,6-7,9H2,1H3. The Labute approximate surface area is 122 Å². The van der Waals surface area contributed by atoms with E-state index in [0.717, 1.165) is 28.3 Å². The molecule has 100 valence electrons. The average Bonchev–Trinajstić information content (AvgIpc) is 3.17. The summed E-state index contributed by atoms with van der Waals surface area (Å²) in [5, 5.41) is 10.5. The Hall–Kier alpha value is -1.00. The molecule has 1 aromatic carbocycles. The van der Waals surface area contributed by atoms with Crippen LogP contribution in [0.5, 0.6) is 0 Å². The molecule has 0 amide bonds. The molecule has 0 saturated heterocycles. The predicted molar refractivity (Wildman–Crippen MR) is 78.7 cm³/mol. The maximum atomic E-state index is 6.00. The van der Waals surface area contributed by atoms with Crippen molar-refractivity contribution in [2.45, 2.75) is 43.1 Å². The Kier molecular flexibility index (Phi) is 3.80. The van der Waals surface area contributed by atoms with Crippen molar-refractivity contribution in [1.29, 1.82) is 0 Å². The van der Waals surface area contributed by atoms with Crippen LogP contribution in [0.2, 0.25) is 5.02 Å². The molecule has 3 nitrogen and oxygen atoms in total. The van der Waals surface area contributed by atoms with E-state index in [1.165, 1.54) is 18.4 Å². The quantitative estimate of drug-likeness (QED) is 0.777. The van der Waals surface area contributed by atoms with Gasteiger partial charge in [-0.2, -0.15) is 0 Å². The molecule has 1 saturated carbocycles. The van der Waals surface area contributed by atoms with E-state index in [-0.39, 0.29) is 0 Å². The van der Waals surface area contributed by atoms with E-state index in [1.807, 2.05) is 18.2 Å². The van der Waals surface area contributed by atoms with Crippen LogP contribution in [0.15, 0.2) is 29.4 Å². The molecule has 0 atom stereocenters. The van der Waals surface area contributed by atoms with Gasteiger partial charge in [0, 0.05) is 23.2 Å². The average molecular weight is 294 g/mol. The molecule has 2 aromatic rings. The summed E-state index contributed by atoms with van der Waals surface area (Å²) in [5.41, 5.74) is 1.22. The number of halogens is 1.